The third kappa shape index (κ3) is 6.63. The standard InChI is InChI=1S/C48H80N2O6S/c1-30(2)35(50-23-25-57(54,55)26-24-50)29-49-48-18-13-31(28-44(7)19-20-44)39(48)32-11-12-37-45(8)16-15-38(56-41(53)34-27-33(40(51)52)42(34,3)4)43(5,6)36(45)14-17-47(37,10)46(32,9)21-22-48/h30-39,49H,11-29H2,1-10H3,(H,51,52)/t31-,32+,33-,34+,35-,36-,37+,38-,39+,45-,46+,47+,48-/m0/s1. The maximum atomic E-state index is 13.7. The van der Waals surface area contributed by atoms with Gasteiger partial charge >= 0.3 is 11.9 Å². The van der Waals surface area contributed by atoms with E-state index in [4.69, 9.17) is 4.74 Å². The van der Waals surface area contributed by atoms with Crippen LogP contribution in [0.2, 0.25) is 0 Å². The lowest BCUT2D eigenvalue weighted by Gasteiger charge is -2.73. The van der Waals surface area contributed by atoms with Crippen molar-refractivity contribution in [3.8, 4) is 0 Å². The molecule has 0 radical (unpaired) electrons. The molecule has 0 aromatic rings. The number of rotatable bonds is 10. The van der Waals surface area contributed by atoms with Crippen LogP contribution in [-0.4, -0.2) is 79.2 Å². The van der Waals surface area contributed by atoms with Gasteiger partial charge in [-0.3, -0.25) is 14.5 Å². The largest absolute Gasteiger partial charge is 0.481 e. The highest BCUT2D eigenvalue weighted by molar-refractivity contribution is 7.91. The average Bonchev–Trinajstić information content (AvgIpc) is 3.73. The summed E-state index contributed by atoms with van der Waals surface area (Å²) < 4.78 is 31.2. The Labute approximate surface area is 346 Å². The summed E-state index contributed by atoms with van der Waals surface area (Å²) in [7, 11) is -2.91. The fourth-order valence-corrected chi connectivity index (χ4v) is 17.9. The molecule has 1 heterocycles. The van der Waals surface area contributed by atoms with Crippen LogP contribution in [0.15, 0.2) is 0 Å². The highest BCUT2D eigenvalue weighted by Crippen LogP contribution is 2.77. The molecule has 8 nitrogen and oxygen atoms in total. The molecule has 324 valence electrons. The van der Waals surface area contributed by atoms with Gasteiger partial charge in [-0.15, -0.1) is 0 Å². The average molecular weight is 813 g/mol. The summed E-state index contributed by atoms with van der Waals surface area (Å²) in [5.74, 6) is 2.53. The third-order valence-electron chi connectivity index (χ3n) is 20.8. The lowest BCUT2D eigenvalue weighted by molar-refractivity contribution is -0.249. The zero-order valence-corrected chi connectivity index (χ0v) is 38.4. The summed E-state index contributed by atoms with van der Waals surface area (Å²) in [6.07, 6.45) is 16.6. The van der Waals surface area contributed by atoms with Gasteiger partial charge in [0.15, 0.2) is 9.84 Å². The van der Waals surface area contributed by atoms with Crippen molar-refractivity contribution in [3.63, 3.8) is 0 Å². The van der Waals surface area contributed by atoms with Gasteiger partial charge in [0.25, 0.3) is 0 Å². The van der Waals surface area contributed by atoms with Crippen LogP contribution in [0.4, 0.5) is 0 Å². The van der Waals surface area contributed by atoms with Gasteiger partial charge < -0.3 is 15.2 Å². The maximum Gasteiger partial charge on any atom is 0.309 e. The van der Waals surface area contributed by atoms with Crippen LogP contribution in [0, 0.1) is 79.8 Å². The molecule has 0 bridgehead atoms. The number of esters is 1. The van der Waals surface area contributed by atoms with E-state index >= 15 is 0 Å². The first-order valence-electron chi connectivity index (χ1n) is 23.6. The number of nitrogens with one attached hydrogen (secondary N) is 1. The smallest absolute Gasteiger partial charge is 0.309 e. The van der Waals surface area contributed by atoms with Crippen molar-refractivity contribution in [2.24, 2.45) is 79.8 Å². The molecule has 0 aromatic heterocycles. The summed E-state index contributed by atoms with van der Waals surface area (Å²) in [4.78, 5) is 28.0. The molecule has 0 amide bonds. The molecular weight excluding hydrogens is 733 g/mol. The molecule has 7 saturated carbocycles. The lowest BCUT2D eigenvalue weighted by Crippen LogP contribution is -2.69. The first-order valence-corrected chi connectivity index (χ1v) is 25.4. The molecule has 9 heteroatoms. The third-order valence-corrected chi connectivity index (χ3v) is 22.4. The van der Waals surface area contributed by atoms with Gasteiger partial charge in [0, 0.05) is 36.6 Å². The first-order chi connectivity index (χ1) is 26.4. The molecule has 8 aliphatic rings. The molecule has 13 atom stereocenters. The number of aliphatic carboxylic acids is 1. The summed E-state index contributed by atoms with van der Waals surface area (Å²) in [5.41, 5.74) is 0.695. The van der Waals surface area contributed by atoms with Gasteiger partial charge in [0.05, 0.1) is 23.3 Å². The molecular formula is C48H80N2O6S. The van der Waals surface area contributed by atoms with Gasteiger partial charge in [-0.1, -0.05) is 69.2 Å². The van der Waals surface area contributed by atoms with Gasteiger partial charge in [-0.25, -0.2) is 8.42 Å². The SMILES string of the molecule is CC(C)[C@H](CN[C@]12CC[C@@H](CC3(C)CC3)[C@@H]1[C@H]1CC[C@@H]3[C@@]4(C)CC[C@H](OC(=O)[C@H]5C[C@@H](C(=O)O)C5(C)C)C(C)(C)[C@@H]4CC[C@@]3(C)[C@]1(C)CC2)N1CCS(=O)(=O)CC1. The fourth-order valence-electron chi connectivity index (χ4n) is 16.6. The molecule has 8 fully saturated rings. The Morgan fingerprint density at radius 2 is 1.46 bits per heavy atom. The molecule has 1 aliphatic heterocycles. The monoisotopic (exact) mass is 813 g/mol. The van der Waals surface area contributed by atoms with E-state index in [0.29, 0.717) is 72.1 Å². The second-order valence-electron chi connectivity index (χ2n) is 24.3. The molecule has 1 saturated heterocycles. The van der Waals surface area contributed by atoms with Crippen molar-refractivity contribution in [3.05, 3.63) is 0 Å². The van der Waals surface area contributed by atoms with E-state index in [1.54, 1.807) is 0 Å². The number of carboxylic acid groups (broad SMARTS) is 1. The Morgan fingerprint density at radius 1 is 0.772 bits per heavy atom. The van der Waals surface area contributed by atoms with Crippen LogP contribution in [-0.2, 0) is 24.2 Å². The zero-order valence-electron chi connectivity index (χ0n) is 37.6. The van der Waals surface area contributed by atoms with Crippen LogP contribution < -0.4 is 5.32 Å². The predicted molar refractivity (Wildman–Crippen MR) is 226 cm³/mol. The van der Waals surface area contributed by atoms with E-state index in [9.17, 15) is 23.1 Å². The summed E-state index contributed by atoms with van der Waals surface area (Å²) in [6.45, 7) is 26.2. The number of carboxylic acids is 1. The molecule has 57 heavy (non-hydrogen) atoms. The van der Waals surface area contributed by atoms with Crippen molar-refractivity contribution in [1.82, 2.24) is 10.2 Å². The van der Waals surface area contributed by atoms with Gasteiger partial charge in [-0.2, -0.15) is 0 Å². The van der Waals surface area contributed by atoms with Crippen LogP contribution in [0.5, 0.6) is 0 Å². The van der Waals surface area contributed by atoms with E-state index in [1.807, 2.05) is 13.8 Å². The Balaban J connectivity index is 1.02. The molecule has 0 spiro atoms. The van der Waals surface area contributed by atoms with E-state index in [1.165, 1.54) is 70.6 Å². The lowest BCUT2D eigenvalue weighted by atomic mass is 9.32. The minimum atomic E-state index is -2.91. The number of carbonyl (C=O) groups excluding carboxylic acids is 1. The number of sulfone groups is 1. The number of fused-ring (bicyclic) bond motifs is 7. The number of carbonyl (C=O) groups is 2. The van der Waals surface area contributed by atoms with Crippen molar-refractivity contribution in [2.75, 3.05) is 31.1 Å². The van der Waals surface area contributed by atoms with Crippen LogP contribution >= 0.6 is 0 Å². The van der Waals surface area contributed by atoms with Crippen LogP contribution in [0.3, 0.4) is 0 Å². The van der Waals surface area contributed by atoms with Crippen molar-refractivity contribution in [1.29, 1.82) is 0 Å². The summed E-state index contributed by atoms with van der Waals surface area (Å²) in [6, 6.07) is 0.354. The summed E-state index contributed by atoms with van der Waals surface area (Å²) >= 11 is 0. The van der Waals surface area contributed by atoms with E-state index in [0.717, 1.165) is 25.3 Å². The zero-order chi connectivity index (χ0) is 41.4. The van der Waals surface area contributed by atoms with Crippen molar-refractivity contribution < 1.29 is 27.9 Å². The minimum absolute atomic E-state index is 0.132. The second kappa shape index (κ2) is 13.9. The van der Waals surface area contributed by atoms with E-state index in [2.05, 4.69) is 65.6 Å². The summed E-state index contributed by atoms with van der Waals surface area (Å²) in [5, 5.41) is 14.1. The second-order valence-corrected chi connectivity index (χ2v) is 26.6. The quantitative estimate of drug-likeness (QED) is 0.210. The predicted octanol–water partition coefficient (Wildman–Crippen LogP) is 9.01. The molecule has 0 aromatic carbocycles. The Hall–Kier alpha value is -1.19. The van der Waals surface area contributed by atoms with Crippen LogP contribution in [0.1, 0.15) is 159 Å². The van der Waals surface area contributed by atoms with E-state index < -0.39 is 27.1 Å². The Kier molecular flexibility index (Phi) is 10.4. The van der Waals surface area contributed by atoms with Crippen molar-refractivity contribution >= 4 is 21.8 Å². The minimum Gasteiger partial charge on any atom is -0.481 e. The van der Waals surface area contributed by atoms with Crippen molar-refractivity contribution in [2.45, 2.75) is 177 Å². The Bertz CT molecular complexity index is 1690. The number of hydrogen-bond acceptors (Lipinski definition) is 7. The van der Waals surface area contributed by atoms with Crippen LogP contribution in [0.25, 0.3) is 0 Å². The Morgan fingerprint density at radius 3 is 2.07 bits per heavy atom. The normalized spacial score (nSPS) is 47.0. The fraction of sp³-hybridized carbons (Fsp3) is 0.958. The molecule has 2 N–H and O–H groups in total. The molecule has 0 unspecified atom stereocenters. The number of nitrogens with zero attached hydrogens (tertiary/aromatic N) is 1. The molecule has 7 aliphatic carbocycles. The highest BCUT2D eigenvalue weighted by atomic mass is 32.2. The van der Waals surface area contributed by atoms with Gasteiger partial charge in [-0.05, 0) is 152 Å². The topological polar surface area (TPSA) is 113 Å². The van der Waals surface area contributed by atoms with Gasteiger partial charge in [0.2, 0.25) is 0 Å². The first kappa shape index (κ1) is 42.5. The molecule has 8 rings (SSSR count). The number of hydrogen-bond donors (Lipinski definition) is 2. The number of ether oxygens (including phenoxy) is 1. The highest BCUT2D eigenvalue weighted by Gasteiger charge is 2.71. The van der Waals surface area contributed by atoms with E-state index in [-0.39, 0.29) is 45.2 Å². The maximum absolute atomic E-state index is 13.7. The van der Waals surface area contributed by atoms with Gasteiger partial charge in [0.1, 0.15) is 6.10 Å².